The number of hydrogen-bond acceptors (Lipinski definition) is 5. The Labute approximate surface area is 209 Å². The zero-order valence-electron chi connectivity index (χ0n) is 19.8. The van der Waals surface area contributed by atoms with Crippen molar-refractivity contribution in [3.05, 3.63) is 76.6 Å². The number of carbonyl (C=O) groups excluding carboxylic acids is 1. The highest BCUT2D eigenvalue weighted by molar-refractivity contribution is 7.92. The van der Waals surface area contributed by atoms with E-state index >= 15 is 0 Å². The lowest BCUT2D eigenvalue weighted by Gasteiger charge is -2.25. The summed E-state index contributed by atoms with van der Waals surface area (Å²) < 4.78 is 52.5. The van der Waals surface area contributed by atoms with Gasteiger partial charge in [-0.15, -0.1) is 0 Å². The number of aryl methyl sites for hydroxylation is 2. The van der Waals surface area contributed by atoms with E-state index in [9.17, 15) is 17.6 Å². The van der Waals surface area contributed by atoms with E-state index in [-0.39, 0.29) is 21.4 Å². The maximum absolute atomic E-state index is 13.8. The fraction of sp³-hybridized carbons (Fsp3) is 0.240. The van der Waals surface area contributed by atoms with Crippen LogP contribution in [0.25, 0.3) is 0 Å². The van der Waals surface area contributed by atoms with E-state index in [2.05, 4.69) is 5.32 Å². The molecule has 10 heteroatoms. The van der Waals surface area contributed by atoms with Gasteiger partial charge in [0, 0.05) is 11.8 Å². The van der Waals surface area contributed by atoms with Crippen LogP contribution >= 0.6 is 11.6 Å². The molecular weight excluding hydrogens is 495 g/mol. The van der Waals surface area contributed by atoms with Gasteiger partial charge in [-0.2, -0.15) is 0 Å². The number of benzene rings is 3. The summed E-state index contributed by atoms with van der Waals surface area (Å²) >= 11 is 5.93. The molecule has 0 bridgehead atoms. The number of amides is 1. The van der Waals surface area contributed by atoms with Gasteiger partial charge in [-0.3, -0.25) is 9.10 Å². The van der Waals surface area contributed by atoms with Gasteiger partial charge in [0.1, 0.15) is 12.4 Å². The lowest BCUT2D eigenvalue weighted by Crippen LogP contribution is -2.38. The molecule has 0 saturated carbocycles. The van der Waals surface area contributed by atoms with Crippen molar-refractivity contribution in [2.75, 3.05) is 30.4 Å². The average Bonchev–Trinajstić information content (AvgIpc) is 2.84. The van der Waals surface area contributed by atoms with E-state index in [1.54, 1.807) is 0 Å². The van der Waals surface area contributed by atoms with Gasteiger partial charge in [-0.1, -0.05) is 36.7 Å². The van der Waals surface area contributed by atoms with Crippen molar-refractivity contribution >= 4 is 38.9 Å². The third kappa shape index (κ3) is 5.68. The Hall–Kier alpha value is -3.30. The molecule has 0 aliphatic rings. The fourth-order valence-electron chi connectivity index (χ4n) is 3.57. The van der Waals surface area contributed by atoms with Crippen molar-refractivity contribution in [3.8, 4) is 11.5 Å². The van der Waals surface area contributed by atoms with Crippen LogP contribution in [-0.4, -0.2) is 35.1 Å². The molecule has 0 aliphatic carbocycles. The summed E-state index contributed by atoms with van der Waals surface area (Å²) in [6, 6.07) is 13.2. The molecule has 0 saturated heterocycles. The minimum absolute atomic E-state index is 0.0295. The molecule has 1 amide bonds. The third-order valence-electron chi connectivity index (χ3n) is 5.43. The first kappa shape index (κ1) is 26.3. The topological polar surface area (TPSA) is 84.9 Å². The molecule has 1 N–H and O–H groups in total. The van der Waals surface area contributed by atoms with Gasteiger partial charge in [-0.25, -0.2) is 12.8 Å². The summed E-state index contributed by atoms with van der Waals surface area (Å²) in [4.78, 5) is 13.0. The zero-order chi connectivity index (χ0) is 25.8. The minimum Gasteiger partial charge on any atom is -0.493 e. The number of halogens is 2. The number of hydrogen-bond donors (Lipinski definition) is 1. The summed E-state index contributed by atoms with van der Waals surface area (Å²) in [5.41, 5.74) is 2.41. The van der Waals surface area contributed by atoms with Gasteiger partial charge in [-0.05, 0) is 54.8 Å². The van der Waals surface area contributed by atoms with E-state index in [1.165, 1.54) is 38.5 Å². The van der Waals surface area contributed by atoms with E-state index in [0.717, 1.165) is 27.6 Å². The number of carbonyl (C=O) groups is 1. The highest BCUT2D eigenvalue weighted by Gasteiger charge is 2.29. The molecule has 0 aliphatic heterocycles. The predicted octanol–water partition coefficient (Wildman–Crippen LogP) is 5.20. The largest absolute Gasteiger partial charge is 0.493 e. The molecular formula is C25H26ClFN2O5S. The van der Waals surface area contributed by atoms with Crippen LogP contribution in [0.4, 0.5) is 15.8 Å². The maximum Gasteiger partial charge on any atom is 0.264 e. The number of sulfonamides is 1. The normalized spacial score (nSPS) is 11.1. The molecule has 0 radical (unpaired) electrons. The third-order valence-corrected chi connectivity index (χ3v) is 7.49. The Bertz CT molecular complexity index is 1350. The summed E-state index contributed by atoms with van der Waals surface area (Å²) in [7, 11) is -1.49. The molecule has 7 nitrogen and oxygen atoms in total. The van der Waals surface area contributed by atoms with Gasteiger partial charge < -0.3 is 14.8 Å². The van der Waals surface area contributed by atoms with Crippen molar-refractivity contribution in [1.82, 2.24) is 0 Å². The second-order valence-electron chi connectivity index (χ2n) is 7.64. The fourth-order valence-corrected chi connectivity index (χ4v) is 5.17. The van der Waals surface area contributed by atoms with Gasteiger partial charge in [0.15, 0.2) is 11.5 Å². The molecule has 3 aromatic rings. The lowest BCUT2D eigenvalue weighted by molar-refractivity contribution is -0.114. The second-order valence-corrected chi connectivity index (χ2v) is 9.91. The molecule has 3 aromatic carbocycles. The minimum atomic E-state index is -4.30. The zero-order valence-corrected chi connectivity index (χ0v) is 21.3. The summed E-state index contributed by atoms with van der Waals surface area (Å²) in [6.45, 7) is 3.24. The van der Waals surface area contributed by atoms with Crippen LogP contribution in [0.1, 0.15) is 18.1 Å². The first-order valence-corrected chi connectivity index (χ1v) is 12.5. The van der Waals surface area contributed by atoms with Crippen LogP contribution in [0.2, 0.25) is 5.02 Å². The quantitative estimate of drug-likeness (QED) is 0.419. The smallest absolute Gasteiger partial charge is 0.264 e. The molecule has 0 atom stereocenters. The van der Waals surface area contributed by atoms with Crippen molar-refractivity contribution < 1.29 is 27.1 Å². The first-order chi connectivity index (χ1) is 16.6. The molecule has 0 heterocycles. The molecule has 0 spiro atoms. The number of ether oxygens (including phenoxy) is 2. The van der Waals surface area contributed by atoms with Crippen LogP contribution in [-0.2, 0) is 21.2 Å². The van der Waals surface area contributed by atoms with Crippen LogP contribution in [0.15, 0.2) is 59.5 Å². The highest BCUT2D eigenvalue weighted by Crippen LogP contribution is 2.33. The molecule has 0 aromatic heterocycles. The second kappa shape index (κ2) is 11.0. The van der Waals surface area contributed by atoms with Crippen molar-refractivity contribution in [1.29, 1.82) is 0 Å². The van der Waals surface area contributed by atoms with Gasteiger partial charge in [0.2, 0.25) is 5.91 Å². The van der Waals surface area contributed by atoms with Crippen molar-refractivity contribution in [2.45, 2.75) is 25.2 Å². The SMILES string of the molecule is CCc1cccc(C)c1NC(=O)CN(c1ccc(F)c(Cl)c1)S(=O)(=O)c1ccc(OC)c(OC)c1. The lowest BCUT2D eigenvalue weighted by atomic mass is 10.1. The van der Waals surface area contributed by atoms with Gasteiger partial charge in [0.25, 0.3) is 10.0 Å². The number of nitrogens with zero attached hydrogens (tertiary/aromatic N) is 1. The van der Waals surface area contributed by atoms with Crippen LogP contribution < -0.4 is 19.1 Å². The first-order valence-electron chi connectivity index (χ1n) is 10.7. The molecule has 3 rings (SSSR count). The number of methoxy groups -OCH3 is 2. The summed E-state index contributed by atoms with van der Waals surface area (Å²) in [6.07, 6.45) is 0.679. The average molecular weight is 521 g/mol. The van der Waals surface area contributed by atoms with E-state index in [1.807, 2.05) is 32.0 Å². The number of rotatable bonds is 9. The molecule has 186 valence electrons. The van der Waals surface area contributed by atoms with Crippen LogP contribution in [0.3, 0.4) is 0 Å². The Kier molecular flexibility index (Phi) is 8.24. The van der Waals surface area contributed by atoms with E-state index in [4.69, 9.17) is 21.1 Å². The molecule has 35 heavy (non-hydrogen) atoms. The Morgan fingerprint density at radius 1 is 1.06 bits per heavy atom. The number of nitrogens with one attached hydrogen (secondary N) is 1. The Morgan fingerprint density at radius 2 is 1.77 bits per heavy atom. The maximum atomic E-state index is 13.8. The predicted molar refractivity (Wildman–Crippen MR) is 135 cm³/mol. The van der Waals surface area contributed by atoms with E-state index < -0.39 is 28.3 Å². The number of anilines is 2. The van der Waals surface area contributed by atoms with Crippen LogP contribution in [0, 0.1) is 12.7 Å². The highest BCUT2D eigenvalue weighted by atomic mass is 35.5. The monoisotopic (exact) mass is 520 g/mol. The molecule has 0 unspecified atom stereocenters. The summed E-state index contributed by atoms with van der Waals surface area (Å²) in [5.74, 6) is -0.746. The Balaban J connectivity index is 2.05. The number of para-hydroxylation sites is 1. The Morgan fingerprint density at radius 3 is 2.40 bits per heavy atom. The van der Waals surface area contributed by atoms with Gasteiger partial charge >= 0.3 is 0 Å². The molecule has 0 fully saturated rings. The van der Waals surface area contributed by atoms with Crippen LogP contribution in [0.5, 0.6) is 11.5 Å². The summed E-state index contributed by atoms with van der Waals surface area (Å²) in [5, 5.41) is 2.55. The van der Waals surface area contributed by atoms with Crippen molar-refractivity contribution in [3.63, 3.8) is 0 Å². The van der Waals surface area contributed by atoms with Gasteiger partial charge in [0.05, 0.1) is 29.8 Å². The standard InChI is InChI=1S/C25H26ClFN2O5S/c1-5-17-8-6-7-16(2)25(17)28-24(30)15-29(18-9-11-21(27)20(26)13-18)35(31,32)19-10-12-22(33-3)23(14-19)34-4/h6-14H,5,15H2,1-4H3,(H,28,30). The van der Waals surface area contributed by atoms with Crippen molar-refractivity contribution in [2.24, 2.45) is 0 Å². The van der Waals surface area contributed by atoms with E-state index in [0.29, 0.717) is 17.9 Å².